The van der Waals surface area contributed by atoms with Gasteiger partial charge >= 0.3 is 0 Å². The Balaban J connectivity index is 2.30. The minimum Gasteiger partial charge on any atom is -0.390 e. The first-order chi connectivity index (χ1) is 7.70. The fourth-order valence-corrected chi connectivity index (χ4v) is 1.32. The fourth-order valence-electron chi connectivity index (χ4n) is 1.32. The van der Waals surface area contributed by atoms with E-state index < -0.39 is 4.92 Å². The van der Waals surface area contributed by atoms with Crippen molar-refractivity contribution in [2.75, 3.05) is 0 Å². The summed E-state index contributed by atoms with van der Waals surface area (Å²) in [5.74, 6) is 0. The second kappa shape index (κ2) is 4.11. The van der Waals surface area contributed by atoms with Crippen molar-refractivity contribution in [1.82, 2.24) is 9.78 Å². The molecule has 0 fully saturated rings. The Kier molecular flexibility index (Phi) is 2.65. The monoisotopic (exact) mass is 219 g/mol. The van der Waals surface area contributed by atoms with Crippen LogP contribution >= 0.6 is 0 Å². The molecule has 2 aromatic rings. The number of hydrogen-bond donors (Lipinski definition) is 1. The van der Waals surface area contributed by atoms with Crippen LogP contribution in [0.2, 0.25) is 0 Å². The number of rotatable bonds is 3. The standard InChI is InChI=1S/C10H9N3O3/c14-7-8-5-6-12(11-8)9-1-3-10(4-2-9)13(15)16/h1-6,14H,7H2. The van der Waals surface area contributed by atoms with Gasteiger partial charge in [-0.3, -0.25) is 10.1 Å². The topological polar surface area (TPSA) is 81.2 Å². The highest BCUT2D eigenvalue weighted by Gasteiger charge is 2.05. The molecular formula is C10H9N3O3. The van der Waals surface area contributed by atoms with Crippen LogP contribution in [0.1, 0.15) is 5.69 Å². The lowest BCUT2D eigenvalue weighted by molar-refractivity contribution is -0.384. The molecule has 16 heavy (non-hydrogen) atoms. The lowest BCUT2D eigenvalue weighted by Gasteiger charge is -2.00. The molecule has 0 aliphatic heterocycles. The molecule has 6 heteroatoms. The molecule has 0 spiro atoms. The number of aliphatic hydroxyl groups is 1. The highest BCUT2D eigenvalue weighted by Crippen LogP contribution is 2.14. The van der Waals surface area contributed by atoms with Crippen LogP contribution in [0, 0.1) is 10.1 Å². The summed E-state index contributed by atoms with van der Waals surface area (Å²) in [6, 6.07) is 7.71. The van der Waals surface area contributed by atoms with E-state index in [0.29, 0.717) is 11.4 Å². The average Bonchev–Trinajstić information content (AvgIpc) is 2.77. The number of aromatic nitrogens is 2. The van der Waals surface area contributed by atoms with Gasteiger partial charge in [0, 0.05) is 18.3 Å². The van der Waals surface area contributed by atoms with Gasteiger partial charge in [0.2, 0.25) is 0 Å². The van der Waals surface area contributed by atoms with Crippen molar-refractivity contribution < 1.29 is 10.0 Å². The van der Waals surface area contributed by atoms with Gasteiger partial charge in [-0.25, -0.2) is 4.68 Å². The van der Waals surface area contributed by atoms with Crippen molar-refractivity contribution >= 4 is 5.69 Å². The van der Waals surface area contributed by atoms with Gasteiger partial charge in [0.15, 0.2) is 0 Å². The summed E-state index contributed by atoms with van der Waals surface area (Å²) in [5.41, 5.74) is 1.31. The lowest BCUT2D eigenvalue weighted by atomic mass is 10.3. The molecule has 0 radical (unpaired) electrons. The van der Waals surface area contributed by atoms with E-state index >= 15 is 0 Å². The lowest BCUT2D eigenvalue weighted by Crippen LogP contribution is -1.96. The maximum Gasteiger partial charge on any atom is 0.269 e. The van der Waals surface area contributed by atoms with Crippen molar-refractivity contribution in [2.24, 2.45) is 0 Å². The SMILES string of the molecule is O=[N+]([O-])c1ccc(-n2ccc(CO)n2)cc1. The fraction of sp³-hybridized carbons (Fsp3) is 0.100. The molecule has 0 saturated carbocycles. The van der Waals surface area contributed by atoms with Crippen LogP contribution in [0.25, 0.3) is 5.69 Å². The second-order valence-corrected chi connectivity index (χ2v) is 3.18. The van der Waals surface area contributed by atoms with Crippen molar-refractivity contribution in [3.05, 3.63) is 52.3 Å². The van der Waals surface area contributed by atoms with Gasteiger partial charge in [-0.15, -0.1) is 0 Å². The molecule has 1 N–H and O–H groups in total. The normalized spacial score (nSPS) is 10.3. The summed E-state index contributed by atoms with van der Waals surface area (Å²) in [6.45, 7) is -0.125. The van der Waals surface area contributed by atoms with Crippen molar-refractivity contribution in [3.63, 3.8) is 0 Å². The molecule has 0 saturated heterocycles. The average molecular weight is 219 g/mol. The molecule has 2 rings (SSSR count). The van der Waals surface area contributed by atoms with Gasteiger partial charge in [0.05, 0.1) is 22.9 Å². The summed E-state index contributed by atoms with van der Waals surface area (Å²) >= 11 is 0. The van der Waals surface area contributed by atoms with Crippen LogP contribution in [-0.2, 0) is 6.61 Å². The summed E-state index contributed by atoms with van der Waals surface area (Å²) in [7, 11) is 0. The number of benzene rings is 1. The van der Waals surface area contributed by atoms with E-state index in [0.717, 1.165) is 0 Å². The number of non-ortho nitro benzene ring substituents is 1. The van der Waals surface area contributed by atoms with E-state index in [4.69, 9.17) is 5.11 Å². The predicted molar refractivity (Wildman–Crippen MR) is 56.1 cm³/mol. The maximum atomic E-state index is 10.4. The van der Waals surface area contributed by atoms with Crippen LogP contribution in [0.15, 0.2) is 36.5 Å². The first-order valence-corrected chi connectivity index (χ1v) is 4.61. The summed E-state index contributed by atoms with van der Waals surface area (Å²) in [6.07, 6.45) is 1.69. The Morgan fingerprint density at radius 3 is 2.50 bits per heavy atom. The highest BCUT2D eigenvalue weighted by molar-refractivity contribution is 5.40. The molecule has 0 bridgehead atoms. The maximum absolute atomic E-state index is 10.4. The Bertz CT molecular complexity index is 504. The molecule has 0 amide bonds. The first-order valence-electron chi connectivity index (χ1n) is 4.61. The molecule has 0 unspecified atom stereocenters. The molecule has 1 heterocycles. The van der Waals surface area contributed by atoms with Gasteiger partial charge in [-0.2, -0.15) is 5.10 Å². The summed E-state index contributed by atoms with van der Waals surface area (Å²) in [5, 5.41) is 23.4. The molecule has 6 nitrogen and oxygen atoms in total. The van der Waals surface area contributed by atoms with E-state index in [1.54, 1.807) is 29.1 Å². The Morgan fingerprint density at radius 2 is 2.00 bits per heavy atom. The first kappa shape index (κ1) is 10.3. The van der Waals surface area contributed by atoms with Crippen LogP contribution in [0.5, 0.6) is 0 Å². The van der Waals surface area contributed by atoms with Gasteiger partial charge in [-0.05, 0) is 18.2 Å². The molecule has 1 aromatic heterocycles. The van der Waals surface area contributed by atoms with Crippen LogP contribution < -0.4 is 0 Å². The molecule has 82 valence electrons. The molecule has 0 aliphatic rings. The third kappa shape index (κ3) is 1.91. The molecule has 0 aliphatic carbocycles. The van der Waals surface area contributed by atoms with Crippen LogP contribution in [0.4, 0.5) is 5.69 Å². The third-order valence-electron chi connectivity index (χ3n) is 2.13. The van der Waals surface area contributed by atoms with E-state index in [1.807, 2.05) is 0 Å². The smallest absolute Gasteiger partial charge is 0.269 e. The predicted octanol–water partition coefficient (Wildman–Crippen LogP) is 1.27. The summed E-state index contributed by atoms with van der Waals surface area (Å²) < 4.78 is 1.55. The number of nitrogens with zero attached hydrogens (tertiary/aromatic N) is 3. The van der Waals surface area contributed by atoms with Crippen LogP contribution in [-0.4, -0.2) is 19.8 Å². The van der Waals surface area contributed by atoms with Gasteiger partial charge in [-0.1, -0.05) is 0 Å². The van der Waals surface area contributed by atoms with Crippen molar-refractivity contribution in [2.45, 2.75) is 6.61 Å². The van der Waals surface area contributed by atoms with Crippen molar-refractivity contribution in [3.8, 4) is 5.69 Å². The number of aliphatic hydroxyl groups excluding tert-OH is 1. The Hall–Kier alpha value is -2.21. The number of hydrogen-bond acceptors (Lipinski definition) is 4. The van der Waals surface area contributed by atoms with E-state index in [2.05, 4.69) is 5.10 Å². The number of nitro benzene ring substituents is 1. The minimum absolute atomic E-state index is 0.0401. The zero-order chi connectivity index (χ0) is 11.5. The Labute approximate surface area is 90.9 Å². The van der Waals surface area contributed by atoms with E-state index in [1.165, 1.54) is 12.1 Å². The second-order valence-electron chi connectivity index (χ2n) is 3.18. The summed E-state index contributed by atoms with van der Waals surface area (Å²) in [4.78, 5) is 10.00. The number of nitro groups is 1. The quantitative estimate of drug-likeness (QED) is 0.622. The highest BCUT2D eigenvalue weighted by atomic mass is 16.6. The van der Waals surface area contributed by atoms with E-state index in [9.17, 15) is 10.1 Å². The Morgan fingerprint density at radius 1 is 1.31 bits per heavy atom. The van der Waals surface area contributed by atoms with Crippen LogP contribution in [0.3, 0.4) is 0 Å². The largest absolute Gasteiger partial charge is 0.390 e. The molecular weight excluding hydrogens is 210 g/mol. The van der Waals surface area contributed by atoms with Crippen molar-refractivity contribution in [1.29, 1.82) is 0 Å². The third-order valence-corrected chi connectivity index (χ3v) is 2.13. The molecule has 0 atom stereocenters. The van der Waals surface area contributed by atoms with Gasteiger partial charge < -0.3 is 5.11 Å². The molecule has 1 aromatic carbocycles. The zero-order valence-electron chi connectivity index (χ0n) is 8.28. The van der Waals surface area contributed by atoms with Gasteiger partial charge in [0.1, 0.15) is 0 Å². The van der Waals surface area contributed by atoms with E-state index in [-0.39, 0.29) is 12.3 Å². The zero-order valence-corrected chi connectivity index (χ0v) is 8.28. The minimum atomic E-state index is -0.452. The van der Waals surface area contributed by atoms with Gasteiger partial charge in [0.25, 0.3) is 5.69 Å².